The zero-order valence-electron chi connectivity index (χ0n) is 19.3. The number of halogens is 1. The van der Waals surface area contributed by atoms with Gasteiger partial charge in [0.1, 0.15) is 23.1 Å². The molecule has 0 bridgehead atoms. The van der Waals surface area contributed by atoms with Gasteiger partial charge in [-0.2, -0.15) is 5.10 Å². The summed E-state index contributed by atoms with van der Waals surface area (Å²) in [5, 5.41) is 11.8. The van der Waals surface area contributed by atoms with Gasteiger partial charge in [0.05, 0.1) is 11.6 Å². The highest BCUT2D eigenvalue weighted by molar-refractivity contribution is 5.94. The van der Waals surface area contributed by atoms with Crippen molar-refractivity contribution in [1.29, 1.82) is 0 Å². The molecule has 174 valence electrons. The second-order valence-corrected chi connectivity index (χ2v) is 8.90. The van der Waals surface area contributed by atoms with Crippen LogP contribution in [0.4, 0.5) is 10.2 Å². The Bertz CT molecular complexity index is 1330. The number of fused-ring (bicyclic) bond motifs is 1. The Kier molecular flexibility index (Phi) is 5.96. The Hall–Kier alpha value is -3.81. The monoisotopic (exact) mass is 458 g/mol. The van der Waals surface area contributed by atoms with Crippen molar-refractivity contribution in [2.75, 3.05) is 5.32 Å². The number of anilines is 1. The summed E-state index contributed by atoms with van der Waals surface area (Å²) in [6.07, 6.45) is 5.26. The van der Waals surface area contributed by atoms with Gasteiger partial charge in [0.25, 0.3) is 5.91 Å². The molecule has 2 aromatic heterocycles. The lowest BCUT2D eigenvalue weighted by Crippen LogP contribution is -2.40. The molecule has 1 saturated carbocycles. The molecule has 1 fully saturated rings. The highest BCUT2D eigenvalue weighted by Gasteiger charge is 2.24. The van der Waals surface area contributed by atoms with Crippen LogP contribution in [0.1, 0.15) is 47.4 Å². The minimum absolute atomic E-state index is 0.0231. The fraction of sp³-hybridized carbons (Fsp3) is 0.308. The lowest BCUT2D eigenvalue weighted by atomic mass is 9.91. The third-order valence-electron chi connectivity index (χ3n) is 6.34. The quantitative estimate of drug-likeness (QED) is 0.452. The summed E-state index contributed by atoms with van der Waals surface area (Å²) in [5.41, 5.74) is 2.75. The van der Waals surface area contributed by atoms with Gasteiger partial charge in [0, 0.05) is 17.6 Å². The van der Waals surface area contributed by atoms with Crippen LogP contribution in [0.2, 0.25) is 0 Å². The number of benzene rings is 2. The number of aryl methyl sites for hydroxylation is 2. The molecule has 1 amide bonds. The third kappa shape index (κ3) is 4.48. The van der Waals surface area contributed by atoms with Gasteiger partial charge >= 0.3 is 0 Å². The smallest absolute Gasteiger partial charge is 0.251 e. The summed E-state index contributed by atoms with van der Waals surface area (Å²) in [6.45, 7) is 3.83. The summed E-state index contributed by atoms with van der Waals surface area (Å²) in [7, 11) is 0. The summed E-state index contributed by atoms with van der Waals surface area (Å²) < 4.78 is 15.9. The van der Waals surface area contributed by atoms with Crippen LogP contribution in [0.3, 0.4) is 0 Å². The molecule has 2 aromatic carbocycles. The van der Waals surface area contributed by atoms with E-state index in [-0.39, 0.29) is 23.8 Å². The number of carbonyl (C=O) groups excluding carboxylic acids is 1. The number of hydrogen-bond acceptors (Lipinski definition) is 5. The molecule has 4 aromatic rings. The second kappa shape index (κ2) is 9.21. The van der Waals surface area contributed by atoms with Crippen LogP contribution in [-0.4, -0.2) is 37.7 Å². The maximum absolute atomic E-state index is 14.4. The number of rotatable bonds is 5. The molecule has 0 spiro atoms. The Labute approximate surface area is 197 Å². The van der Waals surface area contributed by atoms with Gasteiger partial charge in [0.2, 0.25) is 0 Å². The van der Waals surface area contributed by atoms with Crippen molar-refractivity contribution < 1.29 is 9.18 Å². The summed E-state index contributed by atoms with van der Waals surface area (Å²) >= 11 is 0. The summed E-state index contributed by atoms with van der Waals surface area (Å²) in [4.78, 5) is 21.7. The normalized spacial score (nSPS) is 18.1. The van der Waals surface area contributed by atoms with Crippen LogP contribution >= 0.6 is 0 Å². The van der Waals surface area contributed by atoms with Crippen LogP contribution in [0.5, 0.6) is 0 Å². The van der Waals surface area contributed by atoms with Crippen molar-refractivity contribution >= 4 is 22.8 Å². The predicted octanol–water partition coefficient (Wildman–Crippen LogP) is 4.72. The highest BCUT2D eigenvalue weighted by atomic mass is 19.1. The molecule has 2 heterocycles. The van der Waals surface area contributed by atoms with Gasteiger partial charge in [-0.05, 0) is 63.8 Å². The average Bonchev–Trinajstić information content (AvgIpc) is 3.25. The first-order valence-corrected chi connectivity index (χ1v) is 11.6. The first-order valence-electron chi connectivity index (χ1n) is 11.6. The Morgan fingerprint density at radius 3 is 2.41 bits per heavy atom. The summed E-state index contributed by atoms with van der Waals surface area (Å²) in [6, 6.07) is 14.5. The summed E-state index contributed by atoms with van der Waals surface area (Å²) in [5.74, 6) is 0.916. The van der Waals surface area contributed by atoms with E-state index in [0.717, 1.165) is 36.6 Å². The van der Waals surface area contributed by atoms with Gasteiger partial charge in [-0.25, -0.2) is 19.0 Å². The molecule has 0 saturated heterocycles. The number of aromatic nitrogens is 4. The SMILES string of the molecule is Cc1ccc(C(=O)NC2CCC(Nc3nc(C)nc4c3cnn4-c3ccccc3F)CC2)cc1. The number of nitrogens with zero attached hydrogens (tertiary/aromatic N) is 4. The lowest BCUT2D eigenvalue weighted by Gasteiger charge is -2.30. The van der Waals surface area contributed by atoms with Crippen LogP contribution in [0, 0.1) is 19.7 Å². The molecule has 1 aliphatic carbocycles. The zero-order chi connectivity index (χ0) is 23.7. The average molecular weight is 459 g/mol. The zero-order valence-corrected chi connectivity index (χ0v) is 19.3. The van der Waals surface area contributed by atoms with E-state index in [2.05, 4.69) is 25.7 Å². The fourth-order valence-electron chi connectivity index (χ4n) is 4.48. The maximum atomic E-state index is 14.4. The Morgan fingerprint density at radius 1 is 0.971 bits per heavy atom. The highest BCUT2D eigenvalue weighted by Crippen LogP contribution is 2.27. The van der Waals surface area contributed by atoms with E-state index in [1.54, 1.807) is 24.4 Å². The number of nitrogens with one attached hydrogen (secondary N) is 2. The Balaban J connectivity index is 1.27. The van der Waals surface area contributed by atoms with E-state index >= 15 is 0 Å². The Morgan fingerprint density at radius 2 is 1.68 bits per heavy atom. The van der Waals surface area contributed by atoms with Crippen molar-refractivity contribution in [3.63, 3.8) is 0 Å². The predicted molar refractivity (Wildman–Crippen MR) is 130 cm³/mol. The molecule has 0 radical (unpaired) electrons. The van der Waals surface area contributed by atoms with Crippen molar-refractivity contribution in [3.8, 4) is 5.69 Å². The van der Waals surface area contributed by atoms with Crippen LogP contribution in [-0.2, 0) is 0 Å². The molecule has 0 aliphatic heterocycles. The molecular weight excluding hydrogens is 431 g/mol. The molecular formula is C26H27FN6O. The minimum Gasteiger partial charge on any atom is -0.367 e. The van der Waals surface area contributed by atoms with Gasteiger partial charge in [-0.1, -0.05) is 29.8 Å². The molecule has 7 nitrogen and oxygen atoms in total. The van der Waals surface area contributed by atoms with Crippen LogP contribution in [0.25, 0.3) is 16.7 Å². The minimum atomic E-state index is -0.357. The van der Waals surface area contributed by atoms with Crippen LogP contribution in [0.15, 0.2) is 54.7 Å². The fourth-order valence-corrected chi connectivity index (χ4v) is 4.48. The molecule has 0 atom stereocenters. The van der Waals surface area contributed by atoms with Crippen molar-refractivity contribution in [1.82, 2.24) is 25.1 Å². The third-order valence-corrected chi connectivity index (χ3v) is 6.34. The molecule has 1 aliphatic rings. The molecule has 0 unspecified atom stereocenters. The van der Waals surface area contributed by atoms with E-state index in [1.165, 1.54) is 10.7 Å². The van der Waals surface area contributed by atoms with Crippen LogP contribution < -0.4 is 10.6 Å². The first-order chi connectivity index (χ1) is 16.5. The number of amides is 1. The van der Waals surface area contributed by atoms with Gasteiger partial charge in [-0.15, -0.1) is 0 Å². The first kappa shape index (κ1) is 22.0. The number of hydrogen-bond donors (Lipinski definition) is 2. The van der Waals surface area contributed by atoms with Crippen molar-refractivity contribution in [3.05, 3.63) is 77.5 Å². The van der Waals surface area contributed by atoms with E-state index in [4.69, 9.17) is 0 Å². The number of para-hydroxylation sites is 1. The standard InChI is InChI=1S/C26H27FN6O/c1-16-7-9-18(10-8-16)26(34)32-20-13-11-19(12-14-20)31-24-21-15-28-33(25(21)30-17(2)29-24)23-6-4-3-5-22(23)27/h3-10,15,19-20H,11-14H2,1-2H3,(H,32,34)(H,29,30,31). The largest absolute Gasteiger partial charge is 0.367 e. The molecule has 5 rings (SSSR count). The van der Waals surface area contributed by atoms with Gasteiger partial charge in [0.15, 0.2) is 5.65 Å². The topological polar surface area (TPSA) is 84.7 Å². The molecule has 8 heteroatoms. The molecule has 34 heavy (non-hydrogen) atoms. The number of carbonyl (C=O) groups is 1. The van der Waals surface area contributed by atoms with E-state index in [1.807, 2.05) is 38.1 Å². The van der Waals surface area contributed by atoms with E-state index in [0.29, 0.717) is 28.5 Å². The lowest BCUT2D eigenvalue weighted by molar-refractivity contribution is 0.0926. The van der Waals surface area contributed by atoms with Crippen molar-refractivity contribution in [2.45, 2.75) is 51.6 Å². The van der Waals surface area contributed by atoms with E-state index in [9.17, 15) is 9.18 Å². The van der Waals surface area contributed by atoms with E-state index < -0.39 is 0 Å². The van der Waals surface area contributed by atoms with Crippen molar-refractivity contribution in [2.24, 2.45) is 0 Å². The second-order valence-electron chi connectivity index (χ2n) is 8.90. The maximum Gasteiger partial charge on any atom is 0.251 e. The molecule has 2 N–H and O–H groups in total. The van der Waals surface area contributed by atoms with Gasteiger partial charge in [-0.3, -0.25) is 4.79 Å². The van der Waals surface area contributed by atoms with Gasteiger partial charge < -0.3 is 10.6 Å².